The van der Waals surface area contributed by atoms with Crippen LogP contribution in [0, 0.1) is 0 Å². The molecule has 78 valence electrons. The van der Waals surface area contributed by atoms with Crippen LogP contribution >= 0.6 is 0 Å². The molecule has 0 saturated carbocycles. The third kappa shape index (κ3) is 2.70. The number of hydrogen-bond acceptors (Lipinski definition) is 4. The highest BCUT2D eigenvalue weighted by molar-refractivity contribution is 5.40. The largest absolute Gasteiger partial charge is 0.399 e. The summed E-state index contributed by atoms with van der Waals surface area (Å²) >= 11 is 0. The summed E-state index contributed by atoms with van der Waals surface area (Å²) in [6, 6.07) is 6.72. The molecule has 0 aromatic heterocycles. The summed E-state index contributed by atoms with van der Waals surface area (Å²) in [6.45, 7) is 0.479. The van der Waals surface area contributed by atoms with Crippen molar-refractivity contribution >= 4 is 5.69 Å². The van der Waals surface area contributed by atoms with E-state index in [2.05, 4.69) is 0 Å². The molecule has 0 radical (unpaired) electrons. The summed E-state index contributed by atoms with van der Waals surface area (Å²) in [7, 11) is 0. The SMILES string of the molecule is NCCC(N)C(O)c1ccc(N)cc1. The van der Waals surface area contributed by atoms with Gasteiger partial charge in [0.1, 0.15) is 0 Å². The van der Waals surface area contributed by atoms with Gasteiger partial charge >= 0.3 is 0 Å². The van der Waals surface area contributed by atoms with E-state index in [9.17, 15) is 5.11 Å². The number of hydrogen-bond donors (Lipinski definition) is 4. The molecule has 1 aromatic rings. The zero-order chi connectivity index (χ0) is 10.6. The Morgan fingerprint density at radius 2 is 1.79 bits per heavy atom. The highest BCUT2D eigenvalue weighted by Gasteiger charge is 2.15. The summed E-state index contributed by atoms with van der Waals surface area (Å²) in [5.74, 6) is 0. The van der Waals surface area contributed by atoms with Crippen molar-refractivity contribution < 1.29 is 5.11 Å². The molecule has 7 N–H and O–H groups in total. The molecule has 0 spiro atoms. The first-order valence-corrected chi connectivity index (χ1v) is 4.64. The number of anilines is 1. The van der Waals surface area contributed by atoms with Crippen LogP contribution in [0.4, 0.5) is 5.69 Å². The summed E-state index contributed by atoms with van der Waals surface area (Å²) in [4.78, 5) is 0. The zero-order valence-electron chi connectivity index (χ0n) is 8.06. The molecule has 4 heteroatoms. The van der Waals surface area contributed by atoms with Gasteiger partial charge in [0, 0.05) is 11.7 Å². The predicted molar refractivity (Wildman–Crippen MR) is 57.5 cm³/mol. The van der Waals surface area contributed by atoms with E-state index in [-0.39, 0.29) is 6.04 Å². The number of aliphatic hydroxyl groups is 1. The fraction of sp³-hybridized carbons (Fsp3) is 0.400. The summed E-state index contributed by atoms with van der Waals surface area (Å²) in [5.41, 5.74) is 18.1. The molecule has 0 bridgehead atoms. The average Bonchev–Trinajstić information content (AvgIpc) is 2.18. The third-order valence-corrected chi connectivity index (χ3v) is 2.18. The van der Waals surface area contributed by atoms with Crippen molar-refractivity contribution in [1.82, 2.24) is 0 Å². The van der Waals surface area contributed by atoms with E-state index in [1.54, 1.807) is 24.3 Å². The van der Waals surface area contributed by atoms with Gasteiger partial charge in [-0.05, 0) is 30.7 Å². The molecular weight excluding hydrogens is 178 g/mol. The maximum absolute atomic E-state index is 9.79. The molecule has 0 amide bonds. The van der Waals surface area contributed by atoms with Gasteiger partial charge in [0.25, 0.3) is 0 Å². The highest BCUT2D eigenvalue weighted by atomic mass is 16.3. The van der Waals surface area contributed by atoms with Gasteiger partial charge in [0.2, 0.25) is 0 Å². The van der Waals surface area contributed by atoms with E-state index in [1.165, 1.54) is 0 Å². The van der Waals surface area contributed by atoms with Crippen molar-refractivity contribution in [3.8, 4) is 0 Å². The number of aliphatic hydroxyl groups excluding tert-OH is 1. The van der Waals surface area contributed by atoms with Crippen LogP contribution in [0.2, 0.25) is 0 Å². The quantitative estimate of drug-likeness (QED) is 0.507. The van der Waals surface area contributed by atoms with Gasteiger partial charge in [-0.3, -0.25) is 0 Å². The molecule has 0 saturated heterocycles. The van der Waals surface area contributed by atoms with Crippen LogP contribution in [0.3, 0.4) is 0 Å². The maximum atomic E-state index is 9.79. The topological polar surface area (TPSA) is 98.3 Å². The van der Waals surface area contributed by atoms with Gasteiger partial charge in [-0.25, -0.2) is 0 Å². The van der Waals surface area contributed by atoms with Gasteiger partial charge in [0.15, 0.2) is 0 Å². The molecule has 0 fully saturated rings. The fourth-order valence-electron chi connectivity index (χ4n) is 1.29. The van der Waals surface area contributed by atoms with E-state index in [0.717, 1.165) is 5.56 Å². The summed E-state index contributed by atoms with van der Waals surface area (Å²) in [5, 5.41) is 9.79. The van der Waals surface area contributed by atoms with Crippen molar-refractivity contribution in [3.63, 3.8) is 0 Å². The molecule has 1 aromatic carbocycles. The number of rotatable bonds is 4. The van der Waals surface area contributed by atoms with Crippen LogP contribution < -0.4 is 17.2 Å². The Balaban J connectivity index is 2.68. The zero-order valence-corrected chi connectivity index (χ0v) is 8.06. The van der Waals surface area contributed by atoms with Crippen molar-refractivity contribution in [1.29, 1.82) is 0 Å². The monoisotopic (exact) mass is 195 g/mol. The minimum absolute atomic E-state index is 0.316. The van der Waals surface area contributed by atoms with Crippen LogP contribution in [0.1, 0.15) is 18.1 Å². The van der Waals surface area contributed by atoms with E-state index in [1.807, 2.05) is 0 Å². The van der Waals surface area contributed by atoms with Gasteiger partial charge in [-0.15, -0.1) is 0 Å². The van der Waals surface area contributed by atoms with Crippen LogP contribution in [0.25, 0.3) is 0 Å². The Kier molecular flexibility index (Phi) is 3.88. The summed E-state index contributed by atoms with van der Waals surface area (Å²) in [6.07, 6.45) is -0.0647. The second-order valence-electron chi connectivity index (χ2n) is 3.35. The lowest BCUT2D eigenvalue weighted by atomic mass is 10.0. The third-order valence-electron chi connectivity index (χ3n) is 2.18. The second-order valence-corrected chi connectivity index (χ2v) is 3.35. The van der Waals surface area contributed by atoms with Crippen molar-refractivity contribution in [3.05, 3.63) is 29.8 Å². The standard InChI is InChI=1S/C10H17N3O/c11-6-5-9(13)10(14)7-1-3-8(12)4-2-7/h1-4,9-10,14H,5-6,11-13H2. The van der Waals surface area contributed by atoms with Gasteiger partial charge in [-0.1, -0.05) is 12.1 Å². The van der Waals surface area contributed by atoms with Crippen molar-refractivity contribution in [2.45, 2.75) is 18.6 Å². The van der Waals surface area contributed by atoms with Gasteiger partial charge in [-0.2, -0.15) is 0 Å². The molecule has 1 rings (SSSR count). The van der Waals surface area contributed by atoms with Gasteiger partial charge < -0.3 is 22.3 Å². The lowest BCUT2D eigenvalue weighted by molar-refractivity contribution is 0.143. The van der Waals surface area contributed by atoms with E-state index >= 15 is 0 Å². The molecule has 2 unspecified atom stereocenters. The number of benzene rings is 1. The Labute approximate surface area is 83.7 Å². The van der Waals surface area contributed by atoms with Crippen LogP contribution in [-0.4, -0.2) is 17.7 Å². The van der Waals surface area contributed by atoms with Crippen LogP contribution in [0.5, 0.6) is 0 Å². The predicted octanol–water partition coefficient (Wildman–Crippen LogP) is -0.0217. The Morgan fingerprint density at radius 3 is 2.29 bits per heavy atom. The second kappa shape index (κ2) is 4.95. The Hall–Kier alpha value is -1.10. The molecule has 0 heterocycles. The molecule has 0 aliphatic carbocycles. The minimum atomic E-state index is -0.667. The normalized spacial score (nSPS) is 15.1. The smallest absolute Gasteiger partial charge is 0.0941 e. The minimum Gasteiger partial charge on any atom is -0.399 e. The maximum Gasteiger partial charge on any atom is 0.0941 e. The van der Waals surface area contributed by atoms with E-state index < -0.39 is 6.10 Å². The van der Waals surface area contributed by atoms with Crippen LogP contribution in [-0.2, 0) is 0 Å². The Morgan fingerprint density at radius 1 is 1.21 bits per heavy atom. The van der Waals surface area contributed by atoms with Crippen molar-refractivity contribution in [2.24, 2.45) is 11.5 Å². The first-order valence-electron chi connectivity index (χ1n) is 4.64. The average molecular weight is 195 g/mol. The van der Waals surface area contributed by atoms with Crippen LogP contribution in [0.15, 0.2) is 24.3 Å². The molecule has 4 nitrogen and oxygen atoms in total. The first-order chi connectivity index (χ1) is 6.65. The molecule has 0 aliphatic rings. The van der Waals surface area contributed by atoms with Crippen molar-refractivity contribution in [2.75, 3.05) is 12.3 Å². The summed E-state index contributed by atoms with van der Waals surface area (Å²) < 4.78 is 0. The molecule has 2 atom stereocenters. The van der Waals surface area contributed by atoms with E-state index in [4.69, 9.17) is 17.2 Å². The highest BCUT2D eigenvalue weighted by Crippen LogP contribution is 2.18. The molecule has 0 aliphatic heterocycles. The lowest BCUT2D eigenvalue weighted by Gasteiger charge is -2.18. The fourth-order valence-corrected chi connectivity index (χ4v) is 1.29. The van der Waals surface area contributed by atoms with E-state index in [0.29, 0.717) is 18.7 Å². The number of nitrogen functional groups attached to an aromatic ring is 1. The molecular formula is C10H17N3O. The number of nitrogens with two attached hydrogens (primary N) is 3. The molecule has 14 heavy (non-hydrogen) atoms. The van der Waals surface area contributed by atoms with Gasteiger partial charge in [0.05, 0.1) is 6.10 Å². The Bertz CT molecular complexity index is 273. The first kappa shape index (κ1) is 11.0. The lowest BCUT2D eigenvalue weighted by Crippen LogP contribution is -2.30.